The number of carbonyl (C=O) groups excluding carboxylic acids is 1. The van der Waals surface area contributed by atoms with Crippen LogP contribution in [-0.4, -0.2) is 50.5 Å². The topological polar surface area (TPSA) is 56.7 Å². The van der Waals surface area contributed by atoms with E-state index in [0.29, 0.717) is 12.3 Å². The predicted molar refractivity (Wildman–Crippen MR) is 124 cm³/mol. The van der Waals surface area contributed by atoms with E-state index < -0.39 is 0 Å². The molecule has 2 N–H and O–H groups in total. The molecule has 27 heavy (non-hydrogen) atoms. The maximum Gasteiger partial charge on any atom is 0.220 e. The number of hydrogen-bond donors (Lipinski definition) is 2. The molecule has 0 aliphatic carbocycles. The minimum absolute atomic E-state index is 0. The van der Waals surface area contributed by atoms with Crippen molar-refractivity contribution in [1.29, 1.82) is 0 Å². The summed E-state index contributed by atoms with van der Waals surface area (Å²) in [4.78, 5) is 18.3. The van der Waals surface area contributed by atoms with Crippen LogP contribution in [0.4, 0.5) is 0 Å². The molecule has 0 spiro atoms. The number of amides is 1. The summed E-state index contributed by atoms with van der Waals surface area (Å²) in [6, 6.07) is 10.6. The van der Waals surface area contributed by atoms with E-state index in [1.54, 1.807) is 7.05 Å². The predicted octanol–water partition coefficient (Wildman–Crippen LogP) is 3.30. The van der Waals surface area contributed by atoms with Crippen LogP contribution in [0, 0.1) is 11.3 Å². The highest BCUT2D eigenvalue weighted by molar-refractivity contribution is 14.0. The SMILES string of the molecule is CN=C(NCC(C)(C)Cc1ccccc1)N1CCC(CC(=O)NC)CC1.I. The highest BCUT2D eigenvalue weighted by Gasteiger charge is 2.25. The number of hydrogen-bond acceptors (Lipinski definition) is 2. The Morgan fingerprint density at radius 3 is 2.41 bits per heavy atom. The van der Waals surface area contributed by atoms with Crippen molar-refractivity contribution in [3.8, 4) is 0 Å². The molecule has 0 saturated carbocycles. The normalized spacial score (nSPS) is 15.9. The molecule has 0 radical (unpaired) electrons. The van der Waals surface area contributed by atoms with Gasteiger partial charge in [-0.05, 0) is 36.2 Å². The Morgan fingerprint density at radius 1 is 1.22 bits per heavy atom. The lowest BCUT2D eigenvalue weighted by Crippen LogP contribution is -2.48. The number of guanidine groups is 1. The van der Waals surface area contributed by atoms with Gasteiger partial charge in [0, 0.05) is 40.2 Å². The van der Waals surface area contributed by atoms with Crippen LogP contribution in [0.25, 0.3) is 0 Å². The molecule has 1 amide bonds. The Bertz CT molecular complexity index is 595. The van der Waals surface area contributed by atoms with Crippen LogP contribution in [-0.2, 0) is 11.2 Å². The second kappa shape index (κ2) is 11.5. The third-order valence-electron chi connectivity index (χ3n) is 5.13. The third-order valence-corrected chi connectivity index (χ3v) is 5.13. The summed E-state index contributed by atoms with van der Waals surface area (Å²) in [5, 5.41) is 6.29. The van der Waals surface area contributed by atoms with Crippen LogP contribution in [0.3, 0.4) is 0 Å². The lowest BCUT2D eigenvalue weighted by atomic mass is 9.85. The monoisotopic (exact) mass is 486 g/mol. The van der Waals surface area contributed by atoms with E-state index in [9.17, 15) is 4.79 Å². The zero-order valence-electron chi connectivity index (χ0n) is 17.1. The van der Waals surface area contributed by atoms with Crippen molar-refractivity contribution in [2.45, 2.75) is 39.5 Å². The van der Waals surface area contributed by atoms with Gasteiger partial charge in [-0.2, -0.15) is 0 Å². The van der Waals surface area contributed by atoms with Gasteiger partial charge in [-0.25, -0.2) is 0 Å². The van der Waals surface area contributed by atoms with E-state index >= 15 is 0 Å². The molecule has 0 unspecified atom stereocenters. The first kappa shape index (κ1) is 23.7. The Kier molecular flexibility index (Phi) is 10.1. The maximum atomic E-state index is 11.6. The fraction of sp³-hybridized carbons (Fsp3) is 0.619. The number of carbonyl (C=O) groups is 1. The van der Waals surface area contributed by atoms with Crippen LogP contribution in [0.5, 0.6) is 0 Å². The molecule has 1 aromatic carbocycles. The third kappa shape index (κ3) is 8.07. The molecule has 1 aromatic rings. The van der Waals surface area contributed by atoms with Crippen molar-refractivity contribution in [3.63, 3.8) is 0 Å². The average molecular weight is 486 g/mol. The quantitative estimate of drug-likeness (QED) is 0.369. The van der Waals surface area contributed by atoms with Gasteiger partial charge in [0.2, 0.25) is 5.91 Å². The molecule has 1 fully saturated rings. The number of rotatable bonds is 6. The summed E-state index contributed by atoms with van der Waals surface area (Å²) < 4.78 is 0. The van der Waals surface area contributed by atoms with E-state index in [4.69, 9.17) is 0 Å². The fourth-order valence-electron chi connectivity index (χ4n) is 3.57. The highest BCUT2D eigenvalue weighted by atomic mass is 127. The summed E-state index contributed by atoms with van der Waals surface area (Å²) in [6.45, 7) is 7.37. The molecule has 5 nitrogen and oxygen atoms in total. The van der Waals surface area contributed by atoms with E-state index in [0.717, 1.165) is 44.9 Å². The smallest absolute Gasteiger partial charge is 0.220 e. The van der Waals surface area contributed by atoms with Crippen LogP contribution in [0.1, 0.15) is 38.7 Å². The molecule has 0 atom stereocenters. The van der Waals surface area contributed by atoms with Gasteiger partial charge in [0.05, 0.1) is 0 Å². The average Bonchev–Trinajstić information content (AvgIpc) is 2.63. The molecule has 1 heterocycles. The molecule has 1 aliphatic heterocycles. The van der Waals surface area contributed by atoms with Gasteiger partial charge in [-0.1, -0.05) is 44.2 Å². The number of likely N-dealkylation sites (tertiary alicyclic amines) is 1. The van der Waals surface area contributed by atoms with Gasteiger partial charge in [0.25, 0.3) is 0 Å². The van der Waals surface area contributed by atoms with E-state index in [2.05, 4.69) is 64.7 Å². The van der Waals surface area contributed by atoms with Crippen LogP contribution < -0.4 is 10.6 Å². The Labute approximate surface area is 181 Å². The first-order valence-corrected chi connectivity index (χ1v) is 9.63. The summed E-state index contributed by atoms with van der Waals surface area (Å²) in [7, 11) is 3.56. The van der Waals surface area contributed by atoms with Crippen molar-refractivity contribution < 1.29 is 4.79 Å². The summed E-state index contributed by atoms with van der Waals surface area (Å²) in [6.07, 6.45) is 3.76. The zero-order valence-corrected chi connectivity index (χ0v) is 19.5. The second-order valence-electron chi connectivity index (χ2n) is 8.04. The molecule has 0 bridgehead atoms. The number of nitrogens with zero attached hydrogens (tertiary/aromatic N) is 2. The summed E-state index contributed by atoms with van der Waals surface area (Å²) in [5.74, 6) is 1.61. The van der Waals surface area contributed by atoms with Crippen LogP contribution in [0.15, 0.2) is 35.3 Å². The van der Waals surface area contributed by atoms with Crippen LogP contribution in [0.2, 0.25) is 0 Å². The maximum absolute atomic E-state index is 11.6. The minimum atomic E-state index is 0. The van der Waals surface area contributed by atoms with Gasteiger partial charge in [0.1, 0.15) is 0 Å². The Morgan fingerprint density at radius 2 is 1.85 bits per heavy atom. The number of piperidine rings is 1. The zero-order chi connectivity index (χ0) is 19.0. The minimum Gasteiger partial charge on any atom is -0.359 e. The van der Waals surface area contributed by atoms with Crippen LogP contribution >= 0.6 is 24.0 Å². The van der Waals surface area contributed by atoms with Gasteiger partial charge < -0.3 is 15.5 Å². The number of halogens is 1. The van der Waals surface area contributed by atoms with Crippen molar-refractivity contribution in [3.05, 3.63) is 35.9 Å². The van der Waals surface area contributed by atoms with E-state index in [1.807, 2.05) is 7.05 Å². The summed E-state index contributed by atoms with van der Waals surface area (Å²) >= 11 is 0. The summed E-state index contributed by atoms with van der Waals surface area (Å²) in [5.41, 5.74) is 1.51. The molecule has 152 valence electrons. The molecule has 2 rings (SSSR count). The molecule has 1 aliphatic rings. The van der Waals surface area contributed by atoms with Gasteiger partial charge in [0.15, 0.2) is 5.96 Å². The molecular formula is C21H35IN4O. The second-order valence-corrected chi connectivity index (χ2v) is 8.04. The first-order valence-electron chi connectivity index (χ1n) is 9.63. The largest absolute Gasteiger partial charge is 0.359 e. The van der Waals surface area contributed by atoms with Crippen molar-refractivity contribution in [2.24, 2.45) is 16.3 Å². The van der Waals surface area contributed by atoms with Crippen molar-refractivity contribution >= 4 is 35.8 Å². The van der Waals surface area contributed by atoms with Crippen molar-refractivity contribution in [1.82, 2.24) is 15.5 Å². The molecule has 0 aromatic heterocycles. The fourth-order valence-corrected chi connectivity index (χ4v) is 3.57. The van der Waals surface area contributed by atoms with Gasteiger partial charge in [-0.3, -0.25) is 9.79 Å². The Balaban J connectivity index is 0.00000364. The number of aliphatic imine (C=N–C) groups is 1. The lowest BCUT2D eigenvalue weighted by molar-refractivity contribution is -0.121. The van der Waals surface area contributed by atoms with E-state index in [-0.39, 0.29) is 35.3 Å². The molecular weight excluding hydrogens is 451 g/mol. The lowest BCUT2D eigenvalue weighted by Gasteiger charge is -2.35. The number of benzene rings is 1. The number of nitrogens with one attached hydrogen (secondary N) is 2. The Hall–Kier alpha value is -1.31. The van der Waals surface area contributed by atoms with Gasteiger partial charge in [-0.15, -0.1) is 24.0 Å². The molecule has 6 heteroatoms. The van der Waals surface area contributed by atoms with E-state index in [1.165, 1.54) is 5.56 Å². The van der Waals surface area contributed by atoms with Crippen molar-refractivity contribution in [2.75, 3.05) is 33.7 Å². The first-order chi connectivity index (χ1) is 12.4. The van der Waals surface area contributed by atoms with Gasteiger partial charge >= 0.3 is 0 Å². The standard InChI is InChI=1S/C21H34N4O.HI/c1-21(2,15-18-8-6-5-7-9-18)16-24-20(23-4)25-12-10-17(11-13-25)14-19(26)22-3;/h5-9,17H,10-16H2,1-4H3,(H,22,26)(H,23,24);1H. The highest BCUT2D eigenvalue weighted by Crippen LogP contribution is 2.22. The molecule has 1 saturated heterocycles.